The van der Waals surface area contributed by atoms with Crippen LogP contribution in [0.1, 0.15) is 19.4 Å². The van der Waals surface area contributed by atoms with Crippen molar-refractivity contribution in [2.75, 3.05) is 13.2 Å². The molecule has 4 heteroatoms. The highest BCUT2D eigenvalue weighted by atomic mass is 32.1. The van der Waals surface area contributed by atoms with Gasteiger partial charge in [-0.05, 0) is 49.4 Å². The van der Waals surface area contributed by atoms with Crippen molar-refractivity contribution in [2.45, 2.75) is 19.3 Å². The van der Waals surface area contributed by atoms with Gasteiger partial charge in [0.2, 0.25) is 0 Å². The van der Waals surface area contributed by atoms with E-state index >= 15 is 0 Å². The Morgan fingerprint density at radius 2 is 1.43 bits per heavy atom. The van der Waals surface area contributed by atoms with E-state index in [1.54, 1.807) is 0 Å². The number of aliphatic imine (C=N–C) groups is 1. The summed E-state index contributed by atoms with van der Waals surface area (Å²) in [5, 5.41) is 4.06. The van der Waals surface area contributed by atoms with Crippen LogP contribution >= 0.6 is 19.3 Å². The second-order valence-corrected chi connectivity index (χ2v) is 11.5. The molecule has 0 atom stereocenters. The van der Waals surface area contributed by atoms with Gasteiger partial charge in [-0.15, -0.1) is 11.3 Å². The first-order valence-electron chi connectivity index (χ1n) is 10.3. The number of fused-ring (bicyclic) bond motifs is 1. The zero-order valence-corrected chi connectivity index (χ0v) is 18.9. The molecule has 5 rings (SSSR count). The minimum Gasteiger partial charge on any atom is -0.478 e. The van der Waals surface area contributed by atoms with Crippen LogP contribution in [0.25, 0.3) is 10.1 Å². The quantitative estimate of drug-likeness (QED) is 0.391. The molecule has 1 aliphatic rings. The topological polar surface area (TPSA) is 21.6 Å². The summed E-state index contributed by atoms with van der Waals surface area (Å²) in [6, 6.07) is 30.6. The van der Waals surface area contributed by atoms with Crippen molar-refractivity contribution in [2.24, 2.45) is 4.99 Å². The van der Waals surface area contributed by atoms with Gasteiger partial charge in [-0.3, -0.25) is 4.99 Å². The van der Waals surface area contributed by atoms with Crippen molar-refractivity contribution in [1.29, 1.82) is 0 Å². The van der Waals surface area contributed by atoms with Gasteiger partial charge in [0.1, 0.15) is 6.61 Å². The Bertz CT molecular complexity index is 1160. The molecule has 0 N–H and O–H groups in total. The Balaban J connectivity index is 1.80. The normalized spacial score (nSPS) is 14.2. The van der Waals surface area contributed by atoms with Gasteiger partial charge < -0.3 is 4.74 Å². The standard InChI is InChI=1S/C26H24NOPS/c1-26(2,25-27-17-18-28-25)23-21-15-9-10-16-22(21)30-24(23)29(19-11-5-3-6-12-19)20-13-7-4-8-14-20/h3-16H,17-18H2,1-2H3. The number of thiophene rings is 1. The smallest absolute Gasteiger partial charge is 0.193 e. The molecule has 4 aromatic rings. The summed E-state index contributed by atoms with van der Waals surface area (Å²) < 4.78 is 8.76. The van der Waals surface area contributed by atoms with Crippen molar-refractivity contribution in [3.63, 3.8) is 0 Å². The molecule has 0 saturated heterocycles. The first-order valence-corrected chi connectivity index (χ1v) is 12.4. The van der Waals surface area contributed by atoms with Gasteiger partial charge in [0.15, 0.2) is 5.90 Å². The van der Waals surface area contributed by atoms with E-state index in [4.69, 9.17) is 9.73 Å². The van der Waals surface area contributed by atoms with Crippen molar-refractivity contribution in [1.82, 2.24) is 0 Å². The minimum atomic E-state index is -0.684. The van der Waals surface area contributed by atoms with Crippen LogP contribution < -0.4 is 15.2 Å². The van der Waals surface area contributed by atoms with Gasteiger partial charge in [-0.2, -0.15) is 0 Å². The number of hydrogen-bond donors (Lipinski definition) is 0. The fraction of sp³-hybridized carbons (Fsp3) is 0.192. The van der Waals surface area contributed by atoms with Crippen LogP contribution in [0.15, 0.2) is 89.9 Å². The molecule has 0 aliphatic carbocycles. The average molecular weight is 430 g/mol. The average Bonchev–Trinajstić information content (AvgIpc) is 3.44. The number of rotatable bonds is 5. The Morgan fingerprint density at radius 1 is 0.833 bits per heavy atom. The number of benzene rings is 3. The minimum absolute atomic E-state index is 0.282. The molecule has 0 bridgehead atoms. The lowest BCUT2D eigenvalue weighted by Crippen LogP contribution is -2.34. The molecule has 0 saturated carbocycles. The van der Waals surface area contributed by atoms with E-state index in [1.165, 1.54) is 30.9 Å². The molecule has 30 heavy (non-hydrogen) atoms. The molecular formula is C26H24NOPS. The Kier molecular flexibility index (Phi) is 5.18. The van der Waals surface area contributed by atoms with E-state index in [0.717, 1.165) is 12.4 Å². The van der Waals surface area contributed by atoms with Crippen LogP contribution in [0.3, 0.4) is 0 Å². The largest absolute Gasteiger partial charge is 0.478 e. The van der Waals surface area contributed by atoms with Gasteiger partial charge >= 0.3 is 0 Å². The summed E-state index contributed by atoms with van der Waals surface area (Å²) in [5.74, 6) is 0.864. The summed E-state index contributed by atoms with van der Waals surface area (Å²) in [6.07, 6.45) is 0. The molecule has 2 nitrogen and oxygen atoms in total. The fourth-order valence-corrected chi connectivity index (χ4v) is 8.88. The van der Waals surface area contributed by atoms with Crippen LogP contribution in [0.4, 0.5) is 0 Å². The van der Waals surface area contributed by atoms with Gasteiger partial charge in [0, 0.05) is 9.32 Å². The molecule has 0 fully saturated rings. The third-order valence-electron chi connectivity index (χ3n) is 5.55. The Hall–Kier alpha value is -2.48. The molecule has 0 amide bonds. The fourth-order valence-electron chi connectivity index (χ4n) is 4.15. The summed E-state index contributed by atoms with van der Waals surface area (Å²) in [7, 11) is -0.684. The molecule has 1 aromatic heterocycles. The molecule has 0 unspecified atom stereocenters. The third-order valence-corrected chi connectivity index (χ3v) is 9.61. The SMILES string of the molecule is CC(C)(C1=NCCO1)c1c(P(c2ccccc2)c2ccccc2)sc2ccccc12. The lowest BCUT2D eigenvalue weighted by Gasteiger charge is -2.28. The summed E-state index contributed by atoms with van der Waals surface area (Å²) in [4.78, 5) is 4.72. The maximum Gasteiger partial charge on any atom is 0.193 e. The van der Waals surface area contributed by atoms with Crippen molar-refractivity contribution in [3.05, 3.63) is 90.5 Å². The van der Waals surface area contributed by atoms with Gasteiger partial charge in [0.05, 0.1) is 12.0 Å². The molecule has 1 aliphatic heterocycles. The van der Waals surface area contributed by atoms with Gasteiger partial charge in [-0.25, -0.2) is 0 Å². The number of hydrogen-bond acceptors (Lipinski definition) is 3. The lowest BCUT2D eigenvalue weighted by molar-refractivity contribution is 0.319. The Morgan fingerprint density at radius 3 is 2.03 bits per heavy atom. The van der Waals surface area contributed by atoms with Crippen LogP contribution in [0.5, 0.6) is 0 Å². The summed E-state index contributed by atoms with van der Waals surface area (Å²) >= 11 is 1.93. The Labute approximate surface area is 183 Å². The maximum absolute atomic E-state index is 6.00. The molecule has 150 valence electrons. The van der Waals surface area contributed by atoms with Crippen LogP contribution in [0, 0.1) is 0 Å². The van der Waals surface area contributed by atoms with E-state index in [9.17, 15) is 0 Å². The molecule has 3 aromatic carbocycles. The maximum atomic E-state index is 6.00. The third kappa shape index (κ3) is 3.37. The number of ether oxygens (including phenoxy) is 1. The first-order chi connectivity index (χ1) is 14.7. The van der Waals surface area contributed by atoms with Crippen LogP contribution in [0.2, 0.25) is 0 Å². The van der Waals surface area contributed by atoms with E-state index in [0.29, 0.717) is 6.61 Å². The zero-order valence-electron chi connectivity index (χ0n) is 17.2. The van der Waals surface area contributed by atoms with Crippen molar-refractivity contribution in [3.8, 4) is 0 Å². The lowest BCUT2D eigenvalue weighted by atomic mass is 9.84. The van der Waals surface area contributed by atoms with E-state index in [1.807, 2.05) is 11.3 Å². The monoisotopic (exact) mass is 429 g/mol. The second kappa shape index (κ2) is 7.98. The van der Waals surface area contributed by atoms with Crippen LogP contribution in [-0.2, 0) is 10.2 Å². The molecular weight excluding hydrogens is 405 g/mol. The molecule has 0 radical (unpaired) electrons. The highest BCUT2D eigenvalue weighted by Gasteiger charge is 2.38. The number of nitrogens with zero attached hydrogens (tertiary/aromatic N) is 1. The summed E-state index contributed by atoms with van der Waals surface area (Å²) in [6.45, 7) is 5.96. The molecule has 2 heterocycles. The van der Waals surface area contributed by atoms with E-state index in [-0.39, 0.29) is 5.41 Å². The predicted octanol–water partition coefficient (Wildman–Crippen LogP) is 5.37. The van der Waals surface area contributed by atoms with Crippen molar-refractivity contribution < 1.29 is 4.74 Å². The first kappa shape index (κ1) is 19.5. The summed E-state index contributed by atoms with van der Waals surface area (Å²) in [5.41, 5.74) is 1.08. The predicted molar refractivity (Wildman–Crippen MR) is 132 cm³/mol. The van der Waals surface area contributed by atoms with Crippen molar-refractivity contribution >= 4 is 50.5 Å². The van der Waals surface area contributed by atoms with Crippen LogP contribution in [-0.4, -0.2) is 19.0 Å². The highest BCUT2D eigenvalue weighted by Crippen LogP contribution is 2.45. The molecule has 0 spiro atoms. The highest BCUT2D eigenvalue weighted by molar-refractivity contribution is 7.84. The zero-order chi connectivity index (χ0) is 20.6. The van der Waals surface area contributed by atoms with Gasteiger partial charge in [-0.1, -0.05) is 78.9 Å². The van der Waals surface area contributed by atoms with Gasteiger partial charge in [0.25, 0.3) is 0 Å². The second-order valence-electron chi connectivity index (χ2n) is 7.95. The van der Waals surface area contributed by atoms with E-state index in [2.05, 4.69) is 98.8 Å². The van der Waals surface area contributed by atoms with E-state index < -0.39 is 7.92 Å².